The molecule has 4 nitrogen and oxygen atoms in total. The molecule has 1 fully saturated rings. The van der Waals surface area contributed by atoms with Crippen molar-refractivity contribution in [3.05, 3.63) is 0 Å². The van der Waals surface area contributed by atoms with Crippen LogP contribution in [0.1, 0.15) is 46.5 Å². The van der Waals surface area contributed by atoms with Crippen molar-refractivity contribution in [2.45, 2.75) is 58.5 Å². The third kappa shape index (κ3) is 2.95. The smallest absolute Gasteiger partial charge is 0.251 e. The number of carbonyl (C=O) groups is 1. The number of nitrogens with zero attached hydrogens (tertiary/aromatic N) is 1. The summed E-state index contributed by atoms with van der Waals surface area (Å²) in [5.41, 5.74) is 2.31. The summed E-state index contributed by atoms with van der Waals surface area (Å²) in [6.45, 7) is 7.59. The van der Waals surface area contributed by atoms with E-state index in [4.69, 9.17) is 5.84 Å². The van der Waals surface area contributed by atoms with Crippen LogP contribution in [0.5, 0.6) is 0 Å². The highest BCUT2D eigenvalue weighted by Crippen LogP contribution is 2.27. The van der Waals surface area contributed by atoms with Gasteiger partial charge in [-0.15, -0.1) is 0 Å². The van der Waals surface area contributed by atoms with E-state index in [0.717, 1.165) is 19.4 Å². The van der Waals surface area contributed by atoms with Gasteiger partial charge in [-0.2, -0.15) is 0 Å². The SMILES string of the molecule is CCCC(C(=O)NN)N1CCCC1C(C)C. The van der Waals surface area contributed by atoms with Crippen molar-refractivity contribution in [2.24, 2.45) is 11.8 Å². The zero-order valence-electron chi connectivity index (χ0n) is 10.7. The van der Waals surface area contributed by atoms with Gasteiger partial charge in [0.1, 0.15) is 0 Å². The number of nitrogens with one attached hydrogen (secondary N) is 1. The van der Waals surface area contributed by atoms with Crippen LogP contribution in [0, 0.1) is 5.92 Å². The van der Waals surface area contributed by atoms with Gasteiger partial charge in [-0.25, -0.2) is 5.84 Å². The highest BCUT2D eigenvalue weighted by atomic mass is 16.2. The highest BCUT2D eigenvalue weighted by molar-refractivity contribution is 5.81. The number of rotatable bonds is 5. The van der Waals surface area contributed by atoms with Gasteiger partial charge in [-0.1, -0.05) is 27.2 Å². The Kier molecular flexibility index (Phi) is 5.22. The zero-order valence-corrected chi connectivity index (χ0v) is 10.7. The van der Waals surface area contributed by atoms with Gasteiger partial charge >= 0.3 is 0 Å². The number of hydrogen-bond donors (Lipinski definition) is 2. The fourth-order valence-corrected chi connectivity index (χ4v) is 2.74. The summed E-state index contributed by atoms with van der Waals surface area (Å²) in [4.78, 5) is 14.1. The van der Waals surface area contributed by atoms with Crippen LogP contribution >= 0.6 is 0 Å². The minimum Gasteiger partial charge on any atom is -0.293 e. The molecular formula is C12H25N3O. The second-order valence-corrected chi connectivity index (χ2v) is 5.00. The van der Waals surface area contributed by atoms with Crippen molar-refractivity contribution in [3.63, 3.8) is 0 Å². The molecule has 3 N–H and O–H groups in total. The van der Waals surface area contributed by atoms with E-state index in [1.807, 2.05) is 0 Å². The molecule has 0 spiro atoms. The predicted octanol–water partition coefficient (Wildman–Crippen LogP) is 1.27. The summed E-state index contributed by atoms with van der Waals surface area (Å²) >= 11 is 0. The highest BCUT2D eigenvalue weighted by Gasteiger charge is 2.35. The van der Waals surface area contributed by atoms with Crippen LogP contribution in [0.25, 0.3) is 0 Å². The van der Waals surface area contributed by atoms with Crippen molar-refractivity contribution in [2.75, 3.05) is 6.54 Å². The van der Waals surface area contributed by atoms with Gasteiger partial charge in [0.05, 0.1) is 6.04 Å². The molecular weight excluding hydrogens is 202 g/mol. The van der Waals surface area contributed by atoms with Crippen molar-refractivity contribution in [1.29, 1.82) is 0 Å². The van der Waals surface area contributed by atoms with E-state index in [9.17, 15) is 4.79 Å². The number of hydrogen-bond acceptors (Lipinski definition) is 3. The Balaban J connectivity index is 2.72. The van der Waals surface area contributed by atoms with Gasteiger partial charge in [-0.3, -0.25) is 15.1 Å². The van der Waals surface area contributed by atoms with Gasteiger partial charge in [0.2, 0.25) is 0 Å². The maximum atomic E-state index is 11.8. The van der Waals surface area contributed by atoms with E-state index in [1.54, 1.807) is 0 Å². The molecule has 0 aromatic heterocycles. The molecule has 94 valence electrons. The lowest BCUT2D eigenvalue weighted by Gasteiger charge is -2.33. The third-order valence-corrected chi connectivity index (χ3v) is 3.52. The molecule has 1 aliphatic heterocycles. The fourth-order valence-electron chi connectivity index (χ4n) is 2.74. The molecule has 1 heterocycles. The molecule has 0 aromatic carbocycles. The average molecular weight is 227 g/mol. The summed E-state index contributed by atoms with van der Waals surface area (Å²) in [7, 11) is 0. The maximum Gasteiger partial charge on any atom is 0.251 e. The Morgan fingerprint density at radius 2 is 2.25 bits per heavy atom. The van der Waals surface area contributed by atoms with Crippen LogP contribution in [0.3, 0.4) is 0 Å². The lowest BCUT2D eigenvalue weighted by atomic mass is 9.99. The molecule has 0 saturated carbocycles. The van der Waals surface area contributed by atoms with Crippen LogP contribution in [-0.4, -0.2) is 29.4 Å². The molecule has 1 aliphatic rings. The van der Waals surface area contributed by atoms with Crippen LogP contribution in [0.4, 0.5) is 0 Å². The molecule has 1 rings (SSSR count). The van der Waals surface area contributed by atoms with E-state index < -0.39 is 0 Å². The molecule has 2 unspecified atom stereocenters. The first-order valence-electron chi connectivity index (χ1n) is 6.38. The number of hydrazine groups is 1. The second kappa shape index (κ2) is 6.21. The van der Waals surface area contributed by atoms with Crippen LogP contribution in [0.2, 0.25) is 0 Å². The van der Waals surface area contributed by atoms with Crippen LogP contribution in [-0.2, 0) is 4.79 Å². The van der Waals surface area contributed by atoms with Gasteiger partial charge in [0.15, 0.2) is 0 Å². The standard InChI is InChI=1S/C12H25N3O/c1-4-6-11(12(16)14-13)15-8-5-7-10(15)9(2)3/h9-11H,4-8,13H2,1-3H3,(H,14,16). The average Bonchev–Trinajstić information content (AvgIpc) is 2.73. The van der Waals surface area contributed by atoms with E-state index in [1.165, 1.54) is 12.8 Å². The van der Waals surface area contributed by atoms with Crippen molar-refractivity contribution < 1.29 is 4.79 Å². The van der Waals surface area contributed by atoms with Gasteiger partial charge in [-0.05, 0) is 31.7 Å². The first-order valence-corrected chi connectivity index (χ1v) is 6.38. The summed E-state index contributed by atoms with van der Waals surface area (Å²) < 4.78 is 0. The topological polar surface area (TPSA) is 58.4 Å². The molecule has 0 aliphatic carbocycles. The molecule has 0 aromatic rings. The third-order valence-electron chi connectivity index (χ3n) is 3.52. The van der Waals surface area contributed by atoms with E-state index in [-0.39, 0.29) is 11.9 Å². The molecule has 0 bridgehead atoms. The number of carbonyl (C=O) groups excluding carboxylic acids is 1. The Labute approximate surface area is 98.5 Å². The van der Waals surface area contributed by atoms with E-state index in [2.05, 4.69) is 31.1 Å². The largest absolute Gasteiger partial charge is 0.293 e. The van der Waals surface area contributed by atoms with Crippen molar-refractivity contribution >= 4 is 5.91 Å². The van der Waals surface area contributed by atoms with Crippen LogP contribution in [0.15, 0.2) is 0 Å². The van der Waals surface area contributed by atoms with Gasteiger partial charge < -0.3 is 0 Å². The van der Waals surface area contributed by atoms with E-state index >= 15 is 0 Å². The summed E-state index contributed by atoms with van der Waals surface area (Å²) in [6.07, 6.45) is 4.31. The Morgan fingerprint density at radius 1 is 1.56 bits per heavy atom. The maximum absolute atomic E-state index is 11.8. The first-order chi connectivity index (χ1) is 7.61. The fraction of sp³-hybridized carbons (Fsp3) is 0.917. The van der Waals surface area contributed by atoms with E-state index in [0.29, 0.717) is 12.0 Å². The quantitative estimate of drug-likeness (QED) is 0.422. The monoisotopic (exact) mass is 227 g/mol. The Bertz CT molecular complexity index is 230. The molecule has 1 amide bonds. The summed E-state index contributed by atoms with van der Waals surface area (Å²) in [6, 6.07) is 0.499. The predicted molar refractivity (Wildman–Crippen MR) is 65.6 cm³/mol. The zero-order chi connectivity index (χ0) is 12.1. The summed E-state index contributed by atoms with van der Waals surface area (Å²) in [5.74, 6) is 5.84. The number of nitrogens with two attached hydrogens (primary N) is 1. The number of likely N-dealkylation sites (tertiary alicyclic amines) is 1. The van der Waals surface area contributed by atoms with Crippen molar-refractivity contribution in [3.8, 4) is 0 Å². The lowest BCUT2D eigenvalue weighted by Crippen LogP contribution is -2.51. The minimum atomic E-state index is -0.0371. The normalized spacial score (nSPS) is 23.7. The second-order valence-electron chi connectivity index (χ2n) is 5.00. The number of amides is 1. The molecule has 2 atom stereocenters. The van der Waals surface area contributed by atoms with Gasteiger partial charge in [0, 0.05) is 6.04 Å². The molecule has 4 heteroatoms. The first kappa shape index (κ1) is 13.5. The minimum absolute atomic E-state index is 0.0330. The molecule has 1 saturated heterocycles. The molecule has 0 radical (unpaired) electrons. The lowest BCUT2D eigenvalue weighted by molar-refractivity contribution is -0.127. The summed E-state index contributed by atoms with van der Waals surface area (Å²) in [5, 5.41) is 0. The van der Waals surface area contributed by atoms with Gasteiger partial charge in [0.25, 0.3) is 5.91 Å². The molecule has 16 heavy (non-hydrogen) atoms. The Hall–Kier alpha value is -0.610. The van der Waals surface area contributed by atoms with Crippen LogP contribution < -0.4 is 11.3 Å². The Morgan fingerprint density at radius 3 is 2.75 bits per heavy atom. The van der Waals surface area contributed by atoms with Crippen molar-refractivity contribution in [1.82, 2.24) is 10.3 Å².